The second-order valence-electron chi connectivity index (χ2n) is 5.49. The normalized spacial score (nSPS) is 14.8. The SMILES string of the molecule is O=C(/C=C/c1ccccc1Cl)Nc1ccc(N2CCOCC2)cc1. The van der Waals surface area contributed by atoms with E-state index >= 15 is 0 Å². The summed E-state index contributed by atoms with van der Waals surface area (Å²) >= 11 is 6.06. The zero-order valence-corrected chi connectivity index (χ0v) is 14.0. The van der Waals surface area contributed by atoms with Crippen molar-refractivity contribution in [3.63, 3.8) is 0 Å². The average molecular weight is 343 g/mol. The van der Waals surface area contributed by atoms with Gasteiger partial charge in [0, 0.05) is 35.6 Å². The average Bonchev–Trinajstić information content (AvgIpc) is 2.62. The fourth-order valence-corrected chi connectivity index (χ4v) is 2.74. The van der Waals surface area contributed by atoms with Crippen molar-refractivity contribution in [1.82, 2.24) is 0 Å². The molecule has 2 aromatic carbocycles. The molecule has 124 valence electrons. The fraction of sp³-hybridized carbons (Fsp3) is 0.211. The standard InChI is InChI=1S/C19H19ClN2O2/c20-18-4-2-1-3-15(18)5-10-19(23)21-16-6-8-17(9-7-16)22-11-13-24-14-12-22/h1-10H,11-14H2,(H,21,23)/b10-5+. The molecule has 1 heterocycles. The topological polar surface area (TPSA) is 41.6 Å². The monoisotopic (exact) mass is 342 g/mol. The molecule has 4 nitrogen and oxygen atoms in total. The van der Waals surface area contributed by atoms with Gasteiger partial charge in [0.1, 0.15) is 0 Å². The number of carbonyl (C=O) groups is 1. The molecule has 2 aromatic rings. The number of benzene rings is 2. The van der Waals surface area contributed by atoms with Gasteiger partial charge in [0.05, 0.1) is 13.2 Å². The molecule has 1 fully saturated rings. The van der Waals surface area contributed by atoms with Crippen LogP contribution in [-0.2, 0) is 9.53 Å². The molecular weight excluding hydrogens is 324 g/mol. The summed E-state index contributed by atoms with van der Waals surface area (Å²) < 4.78 is 5.35. The van der Waals surface area contributed by atoms with Gasteiger partial charge in [-0.25, -0.2) is 0 Å². The van der Waals surface area contributed by atoms with Gasteiger partial charge >= 0.3 is 0 Å². The molecule has 0 aliphatic carbocycles. The number of halogens is 1. The Morgan fingerprint density at radius 1 is 1.08 bits per heavy atom. The molecule has 0 saturated carbocycles. The second-order valence-corrected chi connectivity index (χ2v) is 5.90. The second kappa shape index (κ2) is 7.99. The molecule has 1 N–H and O–H groups in total. The number of hydrogen-bond donors (Lipinski definition) is 1. The first-order chi connectivity index (χ1) is 11.7. The molecule has 0 bridgehead atoms. The van der Waals surface area contributed by atoms with Gasteiger partial charge in [0.2, 0.25) is 5.91 Å². The number of anilines is 2. The van der Waals surface area contributed by atoms with Crippen LogP contribution in [0, 0.1) is 0 Å². The summed E-state index contributed by atoms with van der Waals surface area (Å²) in [7, 11) is 0. The fourth-order valence-electron chi connectivity index (χ4n) is 2.54. The van der Waals surface area contributed by atoms with E-state index in [9.17, 15) is 4.79 Å². The van der Waals surface area contributed by atoms with Gasteiger partial charge in [-0.1, -0.05) is 29.8 Å². The van der Waals surface area contributed by atoms with E-state index in [-0.39, 0.29) is 5.91 Å². The van der Waals surface area contributed by atoms with Gasteiger partial charge in [0.25, 0.3) is 0 Å². The molecule has 0 unspecified atom stereocenters. The maximum Gasteiger partial charge on any atom is 0.248 e. The van der Waals surface area contributed by atoms with E-state index in [0.717, 1.165) is 43.2 Å². The largest absolute Gasteiger partial charge is 0.378 e. The summed E-state index contributed by atoms with van der Waals surface area (Å²) in [6, 6.07) is 15.2. The minimum absolute atomic E-state index is 0.186. The number of nitrogens with zero attached hydrogens (tertiary/aromatic N) is 1. The van der Waals surface area contributed by atoms with Crippen LogP contribution in [0.5, 0.6) is 0 Å². The quantitative estimate of drug-likeness (QED) is 0.859. The first kappa shape index (κ1) is 16.6. The van der Waals surface area contributed by atoms with Gasteiger partial charge in [-0.3, -0.25) is 4.79 Å². The first-order valence-corrected chi connectivity index (χ1v) is 8.26. The summed E-state index contributed by atoms with van der Waals surface area (Å²) in [5.41, 5.74) is 2.72. The number of hydrogen-bond acceptors (Lipinski definition) is 3. The van der Waals surface area contributed by atoms with Crippen molar-refractivity contribution >= 4 is 35.0 Å². The molecular formula is C19H19ClN2O2. The lowest BCUT2D eigenvalue weighted by atomic mass is 10.2. The molecule has 1 saturated heterocycles. The highest BCUT2D eigenvalue weighted by Gasteiger charge is 2.10. The summed E-state index contributed by atoms with van der Waals surface area (Å²) in [6.45, 7) is 3.30. The summed E-state index contributed by atoms with van der Waals surface area (Å²) in [5.74, 6) is -0.186. The van der Waals surface area contributed by atoms with Crippen LogP contribution in [-0.4, -0.2) is 32.2 Å². The van der Waals surface area contributed by atoms with Crippen LogP contribution in [0.25, 0.3) is 6.08 Å². The van der Waals surface area contributed by atoms with E-state index in [1.807, 2.05) is 42.5 Å². The third-order valence-electron chi connectivity index (χ3n) is 3.83. The Labute approximate surface area is 146 Å². The molecule has 24 heavy (non-hydrogen) atoms. The molecule has 0 spiro atoms. The predicted octanol–water partition coefficient (Wildman–Crippen LogP) is 3.83. The highest BCUT2D eigenvalue weighted by molar-refractivity contribution is 6.32. The van der Waals surface area contributed by atoms with Crippen molar-refractivity contribution in [3.8, 4) is 0 Å². The van der Waals surface area contributed by atoms with Gasteiger partial charge in [-0.15, -0.1) is 0 Å². The lowest BCUT2D eigenvalue weighted by molar-refractivity contribution is -0.111. The number of carbonyl (C=O) groups excluding carboxylic acids is 1. The van der Waals surface area contributed by atoms with Crippen LogP contribution in [0.2, 0.25) is 5.02 Å². The van der Waals surface area contributed by atoms with Gasteiger partial charge in [-0.05, 0) is 42.0 Å². The number of nitrogens with one attached hydrogen (secondary N) is 1. The van der Waals surface area contributed by atoms with Crippen LogP contribution in [0.1, 0.15) is 5.56 Å². The summed E-state index contributed by atoms with van der Waals surface area (Å²) in [4.78, 5) is 14.3. The summed E-state index contributed by atoms with van der Waals surface area (Å²) in [6.07, 6.45) is 3.19. The number of rotatable bonds is 4. The molecule has 0 radical (unpaired) electrons. The number of ether oxygens (including phenoxy) is 1. The Morgan fingerprint density at radius 3 is 2.50 bits per heavy atom. The molecule has 0 aromatic heterocycles. The van der Waals surface area contributed by atoms with Gasteiger partial charge < -0.3 is 15.0 Å². The maximum absolute atomic E-state index is 12.0. The minimum atomic E-state index is -0.186. The third-order valence-corrected chi connectivity index (χ3v) is 4.17. The first-order valence-electron chi connectivity index (χ1n) is 7.89. The Bertz CT molecular complexity index is 722. The van der Waals surface area contributed by atoms with E-state index in [1.165, 1.54) is 6.08 Å². The zero-order valence-electron chi connectivity index (χ0n) is 13.2. The van der Waals surface area contributed by atoms with E-state index in [0.29, 0.717) is 5.02 Å². The lowest BCUT2D eigenvalue weighted by Gasteiger charge is -2.28. The molecule has 3 rings (SSSR count). The van der Waals surface area contributed by atoms with Crippen molar-refractivity contribution in [1.29, 1.82) is 0 Å². The Kier molecular flexibility index (Phi) is 5.51. The van der Waals surface area contributed by atoms with Crippen molar-refractivity contribution in [2.75, 3.05) is 36.5 Å². The lowest BCUT2D eigenvalue weighted by Crippen LogP contribution is -2.36. The molecule has 5 heteroatoms. The highest BCUT2D eigenvalue weighted by atomic mass is 35.5. The smallest absolute Gasteiger partial charge is 0.248 e. The minimum Gasteiger partial charge on any atom is -0.378 e. The highest BCUT2D eigenvalue weighted by Crippen LogP contribution is 2.19. The van der Waals surface area contributed by atoms with Crippen LogP contribution < -0.4 is 10.2 Å². The Hall–Kier alpha value is -2.30. The van der Waals surface area contributed by atoms with Crippen LogP contribution >= 0.6 is 11.6 Å². The summed E-state index contributed by atoms with van der Waals surface area (Å²) in [5, 5.41) is 3.47. The third kappa shape index (κ3) is 4.37. The number of morpholine rings is 1. The Morgan fingerprint density at radius 2 is 1.79 bits per heavy atom. The van der Waals surface area contributed by atoms with Crippen molar-refractivity contribution in [2.24, 2.45) is 0 Å². The van der Waals surface area contributed by atoms with Crippen molar-refractivity contribution in [2.45, 2.75) is 0 Å². The molecule has 1 amide bonds. The van der Waals surface area contributed by atoms with Crippen molar-refractivity contribution < 1.29 is 9.53 Å². The predicted molar refractivity (Wildman–Crippen MR) is 98.6 cm³/mol. The van der Waals surface area contributed by atoms with E-state index in [2.05, 4.69) is 10.2 Å². The molecule has 0 atom stereocenters. The Balaban J connectivity index is 1.59. The van der Waals surface area contributed by atoms with E-state index in [1.54, 1.807) is 12.1 Å². The van der Waals surface area contributed by atoms with E-state index in [4.69, 9.17) is 16.3 Å². The molecule has 1 aliphatic rings. The molecule has 1 aliphatic heterocycles. The van der Waals surface area contributed by atoms with Crippen LogP contribution in [0.15, 0.2) is 54.6 Å². The van der Waals surface area contributed by atoms with Crippen LogP contribution in [0.4, 0.5) is 11.4 Å². The maximum atomic E-state index is 12.0. The van der Waals surface area contributed by atoms with Gasteiger partial charge in [0.15, 0.2) is 0 Å². The van der Waals surface area contributed by atoms with E-state index < -0.39 is 0 Å². The van der Waals surface area contributed by atoms with Gasteiger partial charge in [-0.2, -0.15) is 0 Å². The van der Waals surface area contributed by atoms with Crippen molar-refractivity contribution in [3.05, 3.63) is 65.2 Å². The zero-order chi connectivity index (χ0) is 16.8. The van der Waals surface area contributed by atoms with Crippen LogP contribution in [0.3, 0.4) is 0 Å². The number of amides is 1.